The molecule has 6 nitrogen and oxygen atoms in total. The summed E-state index contributed by atoms with van der Waals surface area (Å²) in [5.41, 5.74) is 6.13. The van der Waals surface area contributed by atoms with Crippen molar-refractivity contribution >= 4 is 39.7 Å². The van der Waals surface area contributed by atoms with E-state index < -0.39 is 5.82 Å². The summed E-state index contributed by atoms with van der Waals surface area (Å²) in [5, 5.41) is 25.1. The molecule has 0 saturated heterocycles. The molecule has 0 unspecified atom stereocenters. The molecule has 0 aromatic heterocycles. The highest BCUT2D eigenvalue weighted by atomic mass is 19.1. The number of hydrogen-bond donors (Lipinski definition) is 4. The van der Waals surface area contributed by atoms with E-state index in [1.54, 1.807) is 6.07 Å². The second-order valence-electron chi connectivity index (χ2n) is 13.0. The van der Waals surface area contributed by atoms with E-state index in [9.17, 15) is 4.79 Å². The molecule has 4 aromatic carbocycles. The van der Waals surface area contributed by atoms with Crippen molar-refractivity contribution in [1.29, 1.82) is 10.8 Å². The number of aryl methyl sites for hydroxylation is 1. The Morgan fingerprint density at radius 3 is 2.12 bits per heavy atom. The zero-order valence-electron chi connectivity index (χ0n) is 28.8. The molecule has 48 heavy (non-hydrogen) atoms. The van der Waals surface area contributed by atoms with Gasteiger partial charge in [0.25, 0.3) is 5.91 Å². The lowest BCUT2D eigenvalue weighted by Gasteiger charge is -2.23. The fourth-order valence-electron chi connectivity index (χ4n) is 6.68. The first-order chi connectivity index (χ1) is 23.3. The van der Waals surface area contributed by atoms with Crippen LogP contribution >= 0.6 is 0 Å². The highest BCUT2D eigenvalue weighted by molar-refractivity contribution is 6.29. The van der Waals surface area contributed by atoms with Gasteiger partial charge in [0.1, 0.15) is 17.5 Å². The Labute approximate surface area is 285 Å². The number of hydrogen-bond acceptors (Lipinski definition) is 4. The van der Waals surface area contributed by atoms with E-state index >= 15 is 4.39 Å². The van der Waals surface area contributed by atoms with Crippen molar-refractivity contribution in [1.82, 2.24) is 10.2 Å². The summed E-state index contributed by atoms with van der Waals surface area (Å²) in [7, 11) is 0. The standard InChI is InChI=1S/C41H50FN5O/c1-4-7-10-12-22-47(23-13-11-8-5-2)41(48)29-18-20-33(21-19-29)45-35-27-32(42)25-31-26-34-38(40(44)46-39(34)43)37(36(31)35)30-17-14-16-28(24-30)15-9-6-3/h14,16-21,24-27,45H,4-13,15,22-23H2,1-3H3,(H3,43,44,46). The lowest BCUT2D eigenvalue weighted by molar-refractivity contribution is 0.0749. The number of halogens is 1. The maximum atomic E-state index is 15.2. The fraction of sp³-hybridized carbons (Fsp3) is 0.390. The SMILES string of the molecule is CCCCCCN(CCCCCC)C(=O)c1ccc(Nc2cc(F)cc3cc4c(c(-c5cccc(CCCC)c5)c23)C(=N)NC4=N)cc1. The van der Waals surface area contributed by atoms with Crippen LogP contribution in [0.5, 0.6) is 0 Å². The number of nitrogens with one attached hydrogen (secondary N) is 4. The quantitative estimate of drug-likeness (QED) is 0.0859. The number of anilines is 2. The molecule has 4 aromatic rings. The predicted molar refractivity (Wildman–Crippen MR) is 199 cm³/mol. The van der Waals surface area contributed by atoms with Crippen molar-refractivity contribution in [2.45, 2.75) is 91.4 Å². The molecule has 0 aliphatic carbocycles. The van der Waals surface area contributed by atoms with E-state index in [-0.39, 0.29) is 17.6 Å². The minimum atomic E-state index is -0.395. The highest BCUT2D eigenvalue weighted by Crippen LogP contribution is 2.42. The molecule has 1 heterocycles. The van der Waals surface area contributed by atoms with Gasteiger partial charge in [-0.25, -0.2) is 4.39 Å². The van der Waals surface area contributed by atoms with Gasteiger partial charge in [0.05, 0.1) is 0 Å². The Kier molecular flexibility index (Phi) is 12.0. The van der Waals surface area contributed by atoms with Gasteiger partial charge in [0.15, 0.2) is 0 Å². The summed E-state index contributed by atoms with van der Waals surface area (Å²) in [6.07, 6.45) is 12.1. The number of amides is 1. The Morgan fingerprint density at radius 2 is 1.46 bits per heavy atom. The molecule has 0 fully saturated rings. The molecule has 1 aliphatic heterocycles. The van der Waals surface area contributed by atoms with Crippen molar-refractivity contribution in [3.05, 3.63) is 94.8 Å². The van der Waals surface area contributed by atoms with E-state index in [0.29, 0.717) is 27.8 Å². The van der Waals surface area contributed by atoms with E-state index in [1.165, 1.54) is 30.5 Å². The summed E-state index contributed by atoms with van der Waals surface area (Å²) in [4.78, 5) is 15.6. The molecular weight excluding hydrogens is 597 g/mol. The number of nitrogens with zero attached hydrogens (tertiary/aromatic N) is 1. The van der Waals surface area contributed by atoms with E-state index in [2.05, 4.69) is 43.5 Å². The monoisotopic (exact) mass is 647 g/mol. The van der Waals surface area contributed by atoms with Crippen LogP contribution in [0.2, 0.25) is 0 Å². The summed E-state index contributed by atoms with van der Waals surface area (Å²) in [6, 6.07) is 20.6. The van der Waals surface area contributed by atoms with Crippen molar-refractivity contribution in [2.24, 2.45) is 0 Å². The molecule has 1 amide bonds. The van der Waals surface area contributed by atoms with Gasteiger partial charge in [-0.1, -0.05) is 90.0 Å². The van der Waals surface area contributed by atoms with Gasteiger partial charge in [-0.05, 0) is 84.7 Å². The van der Waals surface area contributed by atoms with Crippen molar-refractivity contribution in [3.8, 4) is 11.1 Å². The second kappa shape index (κ2) is 16.5. The van der Waals surface area contributed by atoms with Crippen LogP contribution < -0.4 is 10.6 Å². The number of amidine groups is 2. The number of carbonyl (C=O) groups is 1. The van der Waals surface area contributed by atoms with Gasteiger partial charge in [0.2, 0.25) is 0 Å². The molecule has 0 spiro atoms. The van der Waals surface area contributed by atoms with Crippen LogP contribution in [0.25, 0.3) is 21.9 Å². The third-order valence-corrected chi connectivity index (χ3v) is 9.27. The Bertz CT molecular complexity index is 1750. The molecule has 7 heteroatoms. The smallest absolute Gasteiger partial charge is 0.253 e. The molecule has 1 aliphatic rings. The minimum absolute atomic E-state index is 0.0556. The maximum absolute atomic E-state index is 15.2. The highest BCUT2D eigenvalue weighted by Gasteiger charge is 2.28. The summed E-state index contributed by atoms with van der Waals surface area (Å²) in [6.45, 7) is 8.12. The normalized spacial score (nSPS) is 12.3. The number of fused-ring (bicyclic) bond motifs is 2. The van der Waals surface area contributed by atoms with Crippen LogP contribution in [-0.4, -0.2) is 35.6 Å². The van der Waals surface area contributed by atoms with Gasteiger partial charge in [-0.3, -0.25) is 15.6 Å². The summed E-state index contributed by atoms with van der Waals surface area (Å²) < 4.78 is 15.2. The Hall–Kier alpha value is -4.52. The molecular formula is C41H50FN5O. The maximum Gasteiger partial charge on any atom is 0.253 e. The predicted octanol–water partition coefficient (Wildman–Crippen LogP) is 10.6. The number of benzene rings is 4. The van der Waals surface area contributed by atoms with Crippen molar-refractivity contribution in [3.63, 3.8) is 0 Å². The molecule has 4 N–H and O–H groups in total. The van der Waals surface area contributed by atoms with Gasteiger partial charge in [-0.2, -0.15) is 0 Å². The molecule has 5 rings (SSSR count). The summed E-state index contributed by atoms with van der Waals surface area (Å²) >= 11 is 0. The van der Waals surface area contributed by atoms with E-state index in [4.69, 9.17) is 10.8 Å². The first-order valence-electron chi connectivity index (χ1n) is 17.8. The average molecular weight is 648 g/mol. The van der Waals surface area contributed by atoms with Crippen LogP contribution in [0.4, 0.5) is 15.8 Å². The molecule has 0 atom stereocenters. The Morgan fingerprint density at radius 1 is 0.771 bits per heavy atom. The van der Waals surface area contributed by atoms with Crippen molar-refractivity contribution < 1.29 is 9.18 Å². The van der Waals surface area contributed by atoms with Gasteiger partial charge in [-0.15, -0.1) is 0 Å². The van der Waals surface area contributed by atoms with E-state index in [1.807, 2.05) is 41.3 Å². The zero-order chi connectivity index (χ0) is 34.0. The number of carbonyl (C=O) groups excluding carboxylic acids is 1. The molecule has 0 bridgehead atoms. The lowest BCUT2D eigenvalue weighted by Crippen LogP contribution is -2.33. The van der Waals surface area contributed by atoms with Crippen LogP contribution in [0.1, 0.15) is 112 Å². The lowest BCUT2D eigenvalue weighted by atomic mass is 9.88. The van der Waals surface area contributed by atoms with Crippen LogP contribution in [0, 0.1) is 16.6 Å². The third-order valence-electron chi connectivity index (χ3n) is 9.27. The zero-order valence-corrected chi connectivity index (χ0v) is 28.8. The van der Waals surface area contributed by atoms with Crippen LogP contribution in [0.3, 0.4) is 0 Å². The van der Waals surface area contributed by atoms with Gasteiger partial charge in [0, 0.05) is 52.1 Å². The first-order valence-corrected chi connectivity index (χ1v) is 17.8. The second-order valence-corrected chi connectivity index (χ2v) is 13.0. The first kappa shape index (κ1) is 34.8. The topological polar surface area (TPSA) is 92.1 Å². The summed E-state index contributed by atoms with van der Waals surface area (Å²) in [5.74, 6) is -0.0317. The van der Waals surface area contributed by atoms with Crippen molar-refractivity contribution in [2.75, 3.05) is 18.4 Å². The molecule has 0 saturated carbocycles. The third kappa shape index (κ3) is 8.12. The number of unbranched alkanes of at least 4 members (excludes halogenated alkanes) is 7. The van der Waals surface area contributed by atoms with Crippen LogP contribution in [0.15, 0.2) is 66.7 Å². The fourth-order valence-corrected chi connectivity index (χ4v) is 6.68. The minimum Gasteiger partial charge on any atom is -0.355 e. The molecule has 252 valence electrons. The molecule has 0 radical (unpaired) electrons. The average Bonchev–Trinajstić information content (AvgIpc) is 3.37. The van der Waals surface area contributed by atoms with E-state index in [0.717, 1.165) is 93.1 Å². The van der Waals surface area contributed by atoms with Gasteiger partial charge >= 0.3 is 0 Å². The van der Waals surface area contributed by atoms with Crippen LogP contribution in [-0.2, 0) is 6.42 Å². The Balaban J connectivity index is 1.49. The largest absolute Gasteiger partial charge is 0.355 e. The van der Waals surface area contributed by atoms with Gasteiger partial charge < -0.3 is 15.5 Å². The number of rotatable bonds is 17.